The average Bonchev–Trinajstić information content (AvgIpc) is 3.28. The number of hydrogen-bond donors (Lipinski definition) is 0. The Balaban J connectivity index is 1.20. The third kappa shape index (κ3) is 5.20. The molecule has 2 saturated heterocycles. The molecule has 7 heteroatoms. The summed E-state index contributed by atoms with van der Waals surface area (Å²) in [7, 11) is 0. The summed E-state index contributed by atoms with van der Waals surface area (Å²) in [4.78, 5) is 31.4. The number of carbonyl (C=O) groups is 2. The van der Waals surface area contributed by atoms with E-state index in [0.717, 1.165) is 12.0 Å². The van der Waals surface area contributed by atoms with E-state index < -0.39 is 0 Å². The molecule has 0 bridgehead atoms. The Kier molecular flexibility index (Phi) is 7.04. The van der Waals surface area contributed by atoms with Gasteiger partial charge in [-0.1, -0.05) is 54.6 Å². The van der Waals surface area contributed by atoms with Crippen LogP contribution in [-0.4, -0.2) is 60.1 Å². The number of piperazine rings is 1. The van der Waals surface area contributed by atoms with E-state index >= 15 is 0 Å². The Morgan fingerprint density at radius 3 is 2.29 bits per heavy atom. The molecule has 5 nitrogen and oxygen atoms in total. The minimum atomic E-state index is -0.232. The molecule has 2 aliphatic heterocycles. The van der Waals surface area contributed by atoms with E-state index in [4.69, 9.17) is 0 Å². The molecule has 0 unspecified atom stereocenters. The summed E-state index contributed by atoms with van der Waals surface area (Å²) in [5.41, 5.74) is 3.48. The maximum atomic E-state index is 14.1. The lowest BCUT2D eigenvalue weighted by atomic mass is 10.1. The fourth-order valence-corrected chi connectivity index (χ4v) is 5.92. The zero-order valence-electron chi connectivity index (χ0n) is 19.5. The quantitative estimate of drug-likeness (QED) is 0.508. The lowest BCUT2D eigenvalue weighted by molar-refractivity contribution is -0.128. The first kappa shape index (κ1) is 23.4. The summed E-state index contributed by atoms with van der Waals surface area (Å²) in [6.07, 6.45) is 0.819. The standard InChI is InChI=1S/C28H28FN3O2S/c29-24-8-4-5-9-25(24)30-16-18-31(19-17-30)27(34)22-10-12-23(13-11-22)28-32(26(33)20-35-28)15-14-21-6-2-1-3-7-21/h1-13,28H,14-20H2/t28-/m0/s1. The number of thioether (sulfide) groups is 1. The van der Waals surface area contributed by atoms with E-state index in [-0.39, 0.29) is 23.0 Å². The van der Waals surface area contributed by atoms with Crippen LogP contribution in [0.5, 0.6) is 0 Å². The van der Waals surface area contributed by atoms with Gasteiger partial charge in [-0.3, -0.25) is 9.59 Å². The smallest absolute Gasteiger partial charge is 0.253 e. The highest BCUT2D eigenvalue weighted by molar-refractivity contribution is 8.00. The summed E-state index contributed by atoms with van der Waals surface area (Å²) in [6, 6.07) is 24.6. The molecule has 2 amide bonds. The number of carbonyl (C=O) groups excluding carboxylic acids is 2. The Morgan fingerprint density at radius 1 is 0.886 bits per heavy atom. The first-order chi connectivity index (χ1) is 17.1. The molecule has 3 aromatic carbocycles. The minimum absolute atomic E-state index is 0.0131. The van der Waals surface area contributed by atoms with Crippen LogP contribution in [0.2, 0.25) is 0 Å². The molecule has 0 aromatic heterocycles. The second-order valence-corrected chi connectivity index (χ2v) is 9.91. The van der Waals surface area contributed by atoms with Gasteiger partial charge in [0, 0.05) is 38.3 Å². The summed E-state index contributed by atoms with van der Waals surface area (Å²) in [6.45, 7) is 2.97. The van der Waals surface area contributed by atoms with E-state index in [1.54, 1.807) is 23.9 Å². The number of anilines is 1. The van der Waals surface area contributed by atoms with Crippen molar-refractivity contribution < 1.29 is 14.0 Å². The van der Waals surface area contributed by atoms with Gasteiger partial charge < -0.3 is 14.7 Å². The molecule has 5 rings (SSSR count). The molecular formula is C28H28FN3O2S. The van der Waals surface area contributed by atoms with Crippen LogP contribution in [0.1, 0.15) is 26.9 Å². The molecule has 0 aliphatic carbocycles. The Bertz CT molecular complexity index is 1180. The van der Waals surface area contributed by atoms with Crippen LogP contribution in [0.4, 0.5) is 10.1 Å². The van der Waals surface area contributed by atoms with Gasteiger partial charge in [-0.2, -0.15) is 0 Å². The lowest BCUT2D eigenvalue weighted by Gasteiger charge is -2.36. The van der Waals surface area contributed by atoms with Crippen LogP contribution < -0.4 is 4.90 Å². The van der Waals surface area contributed by atoms with Crippen LogP contribution in [0.3, 0.4) is 0 Å². The second-order valence-electron chi connectivity index (χ2n) is 8.84. The molecule has 2 fully saturated rings. The zero-order valence-corrected chi connectivity index (χ0v) is 20.3. The van der Waals surface area contributed by atoms with Gasteiger partial charge in [0.15, 0.2) is 0 Å². The van der Waals surface area contributed by atoms with Crippen LogP contribution in [0.15, 0.2) is 78.9 Å². The lowest BCUT2D eigenvalue weighted by Crippen LogP contribution is -2.49. The minimum Gasteiger partial charge on any atom is -0.366 e. The van der Waals surface area contributed by atoms with Crippen molar-refractivity contribution in [3.8, 4) is 0 Å². The van der Waals surface area contributed by atoms with Crippen molar-refractivity contribution in [1.82, 2.24) is 9.80 Å². The maximum Gasteiger partial charge on any atom is 0.253 e. The number of benzene rings is 3. The molecule has 0 spiro atoms. The van der Waals surface area contributed by atoms with Gasteiger partial charge in [0.1, 0.15) is 11.2 Å². The summed E-state index contributed by atoms with van der Waals surface area (Å²) >= 11 is 1.63. The molecule has 0 N–H and O–H groups in total. The molecule has 3 aromatic rings. The largest absolute Gasteiger partial charge is 0.366 e. The third-order valence-corrected chi connectivity index (χ3v) is 7.91. The van der Waals surface area contributed by atoms with Gasteiger partial charge in [-0.05, 0) is 41.8 Å². The molecule has 2 heterocycles. The average molecular weight is 490 g/mol. The summed E-state index contributed by atoms with van der Waals surface area (Å²) in [5, 5.41) is -0.0281. The van der Waals surface area contributed by atoms with E-state index in [1.807, 2.05) is 63.2 Å². The highest BCUT2D eigenvalue weighted by atomic mass is 32.2. The van der Waals surface area contributed by atoms with E-state index in [2.05, 4.69) is 12.1 Å². The fraction of sp³-hybridized carbons (Fsp3) is 0.286. The van der Waals surface area contributed by atoms with Gasteiger partial charge >= 0.3 is 0 Å². The maximum absolute atomic E-state index is 14.1. The van der Waals surface area contributed by atoms with E-state index in [9.17, 15) is 14.0 Å². The Hall–Kier alpha value is -3.32. The topological polar surface area (TPSA) is 43.9 Å². The van der Waals surface area contributed by atoms with Crippen molar-refractivity contribution in [3.05, 3.63) is 101 Å². The van der Waals surface area contributed by atoms with Crippen molar-refractivity contribution >= 4 is 29.3 Å². The number of para-hydroxylation sites is 1. The van der Waals surface area contributed by atoms with Crippen molar-refractivity contribution in [2.24, 2.45) is 0 Å². The van der Waals surface area contributed by atoms with Crippen molar-refractivity contribution in [2.75, 3.05) is 43.4 Å². The molecule has 2 aliphatic rings. The molecular weight excluding hydrogens is 461 g/mol. The predicted octanol–water partition coefficient (Wildman–Crippen LogP) is 4.60. The predicted molar refractivity (Wildman–Crippen MR) is 138 cm³/mol. The molecule has 180 valence electrons. The molecule has 35 heavy (non-hydrogen) atoms. The number of amides is 2. The van der Waals surface area contributed by atoms with Crippen LogP contribution in [0, 0.1) is 5.82 Å². The molecule has 0 radical (unpaired) electrons. The fourth-order valence-electron chi connectivity index (χ4n) is 4.70. The zero-order chi connectivity index (χ0) is 24.2. The van der Waals surface area contributed by atoms with Crippen LogP contribution >= 0.6 is 11.8 Å². The Morgan fingerprint density at radius 2 is 1.57 bits per heavy atom. The number of hydrogen-bond acceptors (Lipinski definition) is 4. The van der Waals surface area contributed by atoms with Gasteiger partial charge in [0.05, 0.1) is 11.4 Å². The second kappa shape index (κ2) is 10.5. The number of nitrogens with zero attached hydrogens (tertiary/aromatic N) is 3. The van der Waals surface area contributed by atoms with Crippen molar-refractivity contribution in [2.45, 2.75) is 11.8 Å². The van der Waals surface area contributed by atoms with Gasteiger partial charge in [0.25, 0.3) is 5.91 Å². The highest BCUT2D eigenvalue weighted by Gasteiger charge is 2.32. The first-order valence-electron chi connectivity index (χ1n) is 11.9. The van der Waals surface area contributed by atoms with Gasteiger partial charge in [-0.15, -0.1) is 11.8 Å². The summed E-state index contributed by atoms with van der Waals surface area (Å²) in [5.74, 6) is 0.389. The normalized spacial score (nSPS) is 18.3. The SMILES string of the molecule is O=C(c1ccc([C@@H]2SCC(=O)N2CCc2ccccc2)cc1)N1CCN(c2ccccc2F)CC1. The van der Waals surface area contributed by atoms with Crippen LogP contribution in [0.25, 0.3) is 0 Å². The van der Waals surface area contributed by atoms with Gasteiger partial charge in [0.2, 0.25) is 5.91 Å². The van der Waals surface area contributed by atoms with Crippen LogP contribution in [-0.2, 0) is 11.2 Å². The Labute approximate surface area is 209 Å². The third-order valence-electron chi connectivity index (χ3n) is 6.66. The number of halogens is 1. The highest BCUT2D eigenvalue weighted by Crippen LogP contribution is 2.38. The molecule has 0 saturated carbocycles. The van der Waals surface area contributed by atoms with Crippen molar-refractivity contribution in [1.29, 1.82) is 0 Å². The van der Waals surface area contributed by atoms with E-state index in [1.165, 1.54) is 11.6 Å². The first-order valence-corrected chi connectivity index (χ1v) is 13.0. The summed E-state index contributed by atoms with van der Waals surface area (Å²) < 4.78 is 14.1. The number of rotatable bonds is 6. The van der Waals surface area contributed by atoms with Crippen molar-refractivity contribution in [3.63, 3.8) is 0 Å². The van der Waals surface area contributed by atoms with E-state index in [0.29, 0.717) is 49.7 Å². The molecule has 1 atom stereocenters. The monoisotopic (exact) mass is 489 g/mol. The van der Waals surface area contributed by atoms with Gasteiger partial charge in [-0.25, -0.2) is 4.39 Å².